The Balaban J connectivity index is 1.63. The molecule has 3 rings (SSSR count). The molecule has 0 spiro atoms. The minimum atomic E-state index is -1.29. The quantitative estimate of drug-likeness (QED) is 0.528. The number of likely N-dealkylation sites (tertiary alicyclic amines) is 1. The zero-order valence-electron chi connectivity index (χ0n) is 13.9. The number of para-hydroxylation sites is 1. The predicted molar refractivity (Wildman–Crippen MR) is 91.3 cm³/mol. The number of piperidine rings is 1. The first-order chi connectivity index (χ1) is 11.9. The van der Waals surface area contributed by atoms with Gasteiger partial charge in [0, 0.05) is 12.6 Å². The number of amides is 1. The summed E-state index contributed by atoms with van der Waals surface area (Å²) in [5, 5.41) is 22.1. The summed E-state index contributed by atoms with van der Waals surface area (Å²) in [5.74, 6) is -1.79. The fraction of sp³-hybridized carbons (Fsp3) is 0.500. The van der Waals surface area contributed by atoms with Gasteiger partial charge in [-0.2, -0.15) is 0 Å². The van der Waals surface area contributed by atoms with Gasteiger partial charge in [-0.25, -0.2) is 4.79 Å². The highest BCUT2D eigenvalue weighted by Crippen LogP contribution is 2.30. The van der Waals surface area contributed by atoms with Crippen molar-refractivity contribution in [3.05, 3.63) is 29.3 Å². The summed E-state index contributed by atoms with van der Waals surface area (Å²) in [4.78, 5) is 25.5. The minimum absolute atomic E-state index is 0.00336. The zero-order valence-corrected chi connectivity index (χ0v) is 13.9. The second-order valence-corrected chi connectivity index (χ2v) is 6.62. The molecule has 25 heavy (non-hydrogen) atoms. The number of carbonyl (C=O) groups excluding carboxylic acids is 1. The van der Waals surface area contributed by atoms with Crippen molar-refractivity contribution in [2.45, 2.75) is 31.2 Å². The molecule has 9 heteroatoms. The van der Waals surface area contributed by atoms with Gasteiger partial charge >= 0.3 is 13.1 Å². The molecule has 134 valence electrons. The van der Waals surface area contributed by atoms with Crippen molar-refractivity contribution in [3.8, 4) is 5.75 Å². The van der Waals surface area contributed by atoms with Crippen LogP contribution in [0, 0.1) is 0 Å². The molecule has 2 atom stereocenters. The summed E-state index contributed by atoms with van der Waals surface area (Å²) in [6, 6.07) is 4.87. The van der Waals surface area contributed by atoms with E-state index >= 15 is 0 Å². The van der Waals surface area contributed by atoms with E-state index in [0.29, 0.717) is 18.5 Å². The van der Waals surface area contributed by atoms with Gasteiger partial charge in [-0.15, -0.1) is 0 Å². The molecule has 8 nitrogen and oxygen atoms in total. The maximum Gasteiger partial charge on any atom is 0.547 e. The number of aromatic carboxylic acids is 1. The molecule has 1 aromatic rings. The number of hydrogen-bond donors (Lipinski definition) is 4. The summed E-state index contributed by atoms with van der Waals surface area (Å²) in [7, 11) is -1.29. The molecule has 0 saturated carbocycles. The standard InChI is InChI=1S/C16H22BN3O5/c18-11-4-2-6-20(8-11)9-14(21)19-13-7-10-3-1-5-12(16(22)23)15(10)25-17(13)24/h1,3,5,11,13,24H,2,4,6-9,18H2,(H,19,21)(H,22,23). The number of carboxylic acids is 1. The number of rotatable bonds is 4. The number of carbonyl (C=O) groups is 2. The number of nitrogens with zero attached hydrogens (tertiary/aromatic N) is 1. The Labute approximate surface area is 146 Å². The lowest BCUT2D eigenvalue weighted by atomic mass is 9.72. The van der Waals surface area contributed by atoms with Gasteiger partial charge in [0.25, 0.3) is 0 Å². The van der Waals surface area contributed by atoms with Crippen LogP contribution in [0.3, 0.4) is 0 Å². The second kappa shape index (κ2) is 7.43. The molecule has 0 radical (unpaired) electrons. The summed E-state index contributed by atoms with van der Waals surface area (Å²) in [6.45, 7) is 1.73. The highest BCUT2D eigenvalue weighted by molar-refractivity contribution is 6.47. The SMILES string of the molecule is NC1CCCN(CC(=O)NC2Cc3cccc(C(=O)O)c3OB2O)C1. The van der Waals surface area contributed by atoms with Crippen LogP contribution in [0.5, 0.6) is 5.75 Å². The minimum Gasteiger partial charge on any atom is -0.534 e. The zero-order chi connectivity index (χ0) is 18.0. The van der Waals surface area contributed by atoms with E-state index in [1.807, 2.05) is 4.90 Å². The molecule has 1 amide bonds. The number of benzene rings is 1. The summed E-state index contributed by atoms with van der Waals surface area (Å²) in [6.07, 6.45) is 2.24. The highest BCUT2D eigenvalue weighted by Gasteiger charge is 2.37. The van der Waals surface area contributed by atoms with Gasteiger partial charge in [0.05, 0.1) is 18.0 Å². The van der Waals surface area contributed by atoms with Crippen LogP contribution in [0.4, 0.5) is 0 Å². The molecule has 1 aromatic carbocycles. The molecule has 0 aliphatic carbocycles. The Morgan fingerprint density at radius 3 is 2.96 bits per heavy atom. The summed E-state index contributed by atoms with van der Waals surface area (Å²) < 4.78 is 5.37. The third kappa shape index (κ3) is 4.12. The Kier molecular flexibility index (Phi) is 5.26. The molecule has 2 unspecified atom stereocenters. The molecule has 1 fully saturated rings. The van der Waals surface area contributed by atoms with Crippen molar-refractivity contribution in [2.75, 3.05) is 19.6 Å². The topological polar surface area (TPSA) is 125 Å². The van der Waals surface area contributed by atoms with Crippen molar-refractivity contribution >= 4 is 19.0 Å². The molecule has 2 aliphatic rings. The van der Waals surface area contributed by atoms with Crippen LogP contribution < -0.4 is 15.7 Å². The average molecular weight is 347 g/mol. The largest absolute Gasteiger partial charge is 0.547 e. The van der Waals surface area contributed by atoms with E-state index in [-0.39, 0.29) is 29.8 Å². The maximum absolute atomic E-state index is 12.3. The average Bonchev–Trinajstić information content (AvgIpc) is 2.54. The summed E-state index contributed by atoms with van der Waals surface area (Å²) >= 11 is 0. The fourth-order valence-corrected chi connectivity index (χ4v) is 3.41. The molecule has 5 N–H and O–H groups in total. The molecule has 0 bridgehead atoms. The Morgan fingerprint density at radius 1 is 1.44 bits per heavy atom. The Morgan fingerprint density at radius 2 is 2.24 bits per heavy atom. The first-order valence-corrected chi connectivity index (χ1v) is 8.41. The smallest absolute Gasteiger partial charge is 0.534 e. The lowest BCUT2D eigenvalue weighted by Gasteiger charge is -2.32. The number of fused-ring (bicyclic) bond motifs is 1. The van der Waals surface area contributed by atoms with Crippen molar-refractivity contribution in [2.24, 2.45) is 5.73 Å². The van der Waals surface area contributed by atoms with E-state index in [1.54, 1.807) is 12.1 Å². The van der Waals surface area contributed by atoms with E-state index in [2.05, 4.69) is 5.32 Å². The van der Waals surface area contributed by atoms with Gasteiger partial charge in [0.15, 0.2) is 0 Å². The van der Waals surface area contributed by atoms with Gasteiger partial charge in [-0.1, -0.05) is 12.1 Å². The van der Waals surface area contributed by atoms with Crippen LogP contribution >= 0.6 is 0 Å². The fourth-order valence-electron chi connectivity index (χ4n) is 3.41. The predicted octanol–water partition coefficient (Wildman–Crippen LogP) is -0.753. The normalized spacial score (nSPS) is 23.5. The van der Waals surface area contributed by atoms with Crippen LogP contribution in [0.1, 0.15) is 28.8 Å². The lowest BCUT2D eigenvalue weighted by molar-refractivity contribution is -0.122. The van der Waals surface area contributed by atoms with E-state index in [9.17, 15) is 19.7 Å². The molecular formula is C16H22BN3O5. The number of carboxylic acid groups (broad SMARTS) is 1. The lowest BCUT2D eigenvalue weighted by Crippen LogP contribution is -2.55. The van der Waals surface area contributed by atoms with Gasteiger partial charge in [0.2, 0.25) is 5.91 Å². The third-order valence-electron chi connectivity index (χ3n) is 4.61. The monoisotopic (exact) mass is 347 g/mol. The Hall–Kier alpha value is -2.10. The molecule has 2 aliphatic heterocycles. The van der Waals surface area contributed by atoms with Crippen molar-refractivity contribution in [3.63, 3.8) is 0 Å². The molecule has 1 saturated heterocycles. The second-order valence-electron chi connectivity index (χ2n) is 6.62. The van der Waals surface area contributed by atoms with Gasteiger partial charge in [-0.05, 0) is 37.4 Å². The van der Waals surface area contributed by atoms with Crippen molar-refractivity contribution in [1.82, 2.24) is 10.2 Å². The van der Waals surface area contributed by atoms with Gasteiger partial charge in [-0.3, -0.25) is 9.69 Å². The molecule has 0 aromatic heterocycles. The third-order valence-corrected chi connectivity index (χ3v) is 4.61. The number of nitrogens with two attached hydrogens (primary N) is 1. The van der Waals surface area contributed by atoms with Gasteiger partial charge < -0.3 is 25.8 Å². The van der Waals surface area contributed by atoms with Crippen LogP contribution in [0.25, 0.3) is 0 Å². The maximum atomic E-state index is 12.3. The first kappa shape index (κ1) is 17.7. The van der Waals surface area contributed by atoms with Crippen LogP contribution in [-0.4, -0.2) is 65.6 Å². The molecular weight excluding hydrogens is 325 g/mol. The van der Waals surface area contributed by atoms with E-state index in [1.165, 1.54) is 6.07 Å². The highest BCUT2D eigenvalue weighted by atomic mass is 16.5. The molecule has 2 heterocycles. The van der Waals surface area contributed by atoms with E-state index in [4.69, 9.17) is 10.4 Å². The number of hydrogen-bond acceptors (Lipinski definition) is 6. The van der Waals surface area contributed by atoms with Crippen LogP contribution in [0.15, 0.2) is 18.2 Å². The van der Waals surface area contributed by atoms with Crippen molar-refractivity contribution in [1.29, 1.82) is 0 Å². The number of nitrogens with one attached hydrogen (secondary N) is 1. The van der Waals surface area contributed by atoms with Crippen molar-refractivity contribution < 1.29 is 24.4 Å². The Bertz CT molecular complexity index is 671. The first-order valence-electron chi connectivity index (χ1n) is 8.41. The summed E-state index contributed by atoms with van der Waals surface area (Å²) in [5.41, 5.74) is 6.57. The van der Waals surface area contributed by atoms with Crippen LogP contribution in [0.2, 0.25) is 0 Å². The van der Waals surface area contributed by atoms with Gasteiger partial charge in [0.1, 0.15) is 5.75 Å². The van der Waals surface area contributed by atoms with E-state index < -0.39 is 19.0 Å². The van der Waals surface area contributed by atoms with Crippen LogP contribution in [-0.2, 0) is 11.2 Å². The van der Waals surface area contributed by atoms with E-state index in [0.717, 1.165) is 19.4 Å².